The summed E-state index contributed by atoms with van der Waals surface area (Å²) in [6.45, 7) is 10.0. The molecule has 3 saturated heterocycles. The van der Waals surface area contributed by atoms with Crippen molar-refractivity contribution in [3.8, 4) is 0 Å². The minimum Gasteiger partial charge on any atom is -0.311 e. The maximum Gasteiger partial charge on any atom is 0.00927 e. The van der Waals surface area contributed by atoms with Gasteiger partial charge in [-0.15, -0.1) is 0 Å². The molecule has 3 aliphatic rings. The van der Waals surface area contributed by atoms with Gasteiger partial charge in [0.2, 0.25) is 0 Å². The van der Waals surface area contributed by atoms with E-state index in [1.54, 1.807) is 0 Å². The molecule has 3 heterocycles. The molecule has 3 fully saturated rings. The highest BCUT2D eigenvalue weighted by molar-refractivity contribution is 4.92. The Bertz CT molecular complexity index is 292. The maximum absolute atomic E-state index is 3.77. The van der Waals surface area contributed by atoms with Crippen LogP contribution in [0.5, 0.6) is 0 Å². The average molecular weight is 264 g/mol. The predicted molar refractivity (Wildman–Crippen MR) is 81.3 cm³/mol. The largest absolute Gasteiger partial charge is 0.311 e. The molecule has 110 valence electrons. The Hall–Kier alpha value is -0.0800. The number of hydrogen-bond donors (Lipinski definition) is 1. The fourth-order valence-corrected chi connectivity index (χ4v) is 4.89. The number of nitrogens with one attached hydrogen (secondary N) is 1. The quantitative estimate of drug-likeness (QED) is 0.841. The van der Waals surface area contributed by atoms with Gasteiger partial charge in [-0.3, -0.25) is 0 Å². The van der Waals surface area contributed by atoms with E-state index in [0.717, 1.165) is 35.9 Å². The van der Waals surface area contributed by atoms with Crippen LogP contribution in [0.3, 0.4) is 0 Å². The van der Waals surface area contributed by atoms with Gasteiger partial charge in [0.25, 0.3) is 0 Å². The molecule has 0 radical (unpaired) electrons. The van der Waals surface area contributed by atoms with E-state index >= 15 is 0 Å². The third-order valence-electron chi connectivity index (χ3n) is 6.12. The van der Waals surface area contributed by atoms with E-state index in [1.807, 2.05) is 0 Å². The van der Waals surface area contributed by atoms with Crippen LogP contribution in [-0.4, -0.2) is 36.1 Å². The molecule has 3 aliphatic heterocycles. The van der Waals surface area contributed by atoms with Crippen molar-refractivity contribution in [2.75, 3.05) is 13.1 Å². The molecule has 0 aromatic carbocycles. The van der Waals surface area contributed by atoms with Crippen LogP contribution < -0.4 is 5.32 Å². The first kappa shape index (κ1) is 13.9. The Morgan fingerprint density at radius 2 is 1.68 bits per heavy atom. The molecule has 2 bridgehead atoms. The molecule has 0 aliphatic carbocycles. The standard InChI is InChI=1S/C17H32N2/c1-12-8-13(2)14(3)19(11-12)7-6-15-9-16-4-5-17(10-15)18-16/h12-18H,4-11H2,1-3H3. The molecule has 0 amide bonds. The third-order valence-corrected chi connectivity index (χ3v) is 6.12. The number of nitrogens with zero attached hydrogens (tertiary/aromatic N) is 1. The summed E-state index contributed by atoms with van der Waals surface area (Å²) in [4.78, 5) is 2.78. The van der Waals surface area contributed by atoms with Gasteiger partial charge < -0.3 is 10.2 Å². The summed E-state index contributed by atoms with van der Waals surface area (Å²) in [7, 11) is 0. The van der Waals surface area contributed by atoms with Crippen molar-refractivity contribution < 1.29 is 0 Å². The van der Waals surface area contributed by atoms with Crippen molar-refractivity contribution in [2.45, 2.75) is 77.4 Å². The summed E-state index contributed by atoms with van der Waals surface area (Å²) >= 11 is 0. The topological polar surface area (TPSA) is 15.3 Å². The highest BCUT2D eigenvalue weighted by Gasteiger charge is 2.34. The molecular formula is C17H32N2. The van der Waals surface area contributed by atoms with Crippen LogP contribution in [0.4, 0.5) is 0 Å². The van der Waals surface area contributed by atoms with Crippen LogP contribution in [0.1, 0.15) is 59.3 Å². The number of hydrogen-bond acceptors (Lipinski definition) is 2. The smallest absolute Gasteiger partial charge is 0.00927 e. The molecule has 3 rings (SSSR count). The van der Waals surface area contributed by atoms with Gasteiger partial charge in [-0.1, -0.05) is 13.8 Å². The second-order valence-corrected chi connectivity index (χ2v) is 7.82. The molecule has 1 N–H and O–H groups in total. The second-order valence-electron chi connectivity index (χ2n) is 7.82. The van der Waals surface area contributed by atoms with E-state index in [-0.39, 0.29) is 0 Å². The van der Waals surface area contributed by atoms with Gasteiger partial charge in [0.15, 0.2) is 0 Å². The lowest BCUT2D eigenvalue weighted by molar-refractivity contribution is 0.0711. The fourth-order valence-electron chi connectivity index (χ4n) is 4.89. The molecule has 5 unspecified atom stereocenters. The maximum atomic E-state index is 3.77. The van der Waals surface area contributed by atoms with Gasteiger partial charge >= 0.3 is 0 Å². The summed E-state index contributed by atoms with van der Waals surface area (Å²) in [5, 5.41) is 3.77. The monoisotopic (exact) mass is 264 g/mol. The molecule has 0 saturated carbocycles. The van der Waals surface area contributed by atoms with Gasteiger partial charge in [0.05, 0.1) is 0 Å². The first-order chi connectivity index (χ1) is 9.11. The van der Waals surface area contributed by atoms with E-state index in [1.165, 1.54) is 51.6 Å². The minimum absolute atomic E-state index is 0.801. The van der Waals surface area contributed by atoms with Crippen molar-refractivity contribution in [3.63, 3.8) is 0 Å². The van der Waals surface area contributed by atoms with Gasteiger partial charge in [-0.05, 0) is 69.7 Å². The van der Waals surface area contributed by atoms with Gasteiger partial charge in [0.1, 0.15) is 0 Å². The number of fused-ring (bicyclic) bond motifs is 2. The highest BCUT2D eigenvalue weighted by Crippen LogP contribution is 2.34. The molecule has 0 aromatic heterocycles. The van der Waals surface area contributed by atoms with Crippen LogP contribution in [0.2, 0.25) is 0 Å². The predicted octanol–water partition coefficient (Wildman–Crippen LogP) is 3.27. The normalized spacial score (nSPS) is 47.5. The number of piperidine rings is 2. The first-order valence-corrected chi connectivity index (χ1v) is 8.62. The van der Waals surface area contributed by atoms with Crippen LogP contribution in [0.15, 0.2) is 0 Å². The second kappa shape index (κ2) is 5.73. The Kier molecular flexibility index (Phi) is 4.19. The molecule has 2 heteroatoms. The van der Waals surface area contributed by atoms with Gasteiger partial charge in [0, 0.05) is 24.7 Å². The summed E-state index contributed by atoms with van der Waals surface area (Å²) in [5.41, 5.74) is 0. The van der Waals surface area contributed by atoms with Crippen molar-refractivity contribution in [1.82, 2.24) is 10.2 Å². The Labute approximate surface area is 119 Å². The molecule has 19 heavy (non-hydrogen) atoms. The van der Waals surface area contributed by atoms with E-state index < -0.39 is 0 Å². The summed E-state index contributed by atoms with van der Waals surface area (Å²) < 4.78 is 0. The van der Waals surface area contributed by atoms with Crippen LogP contribution in [-0.2, 0) is 0 Å². The number of likely N-dealkylation sites (tertiary alicyclic amines) is 1. The fraction of sp³-hybridized carbons (Fsp3) is 1.00. The van der Waals surface area contributed by atoms with Gasteiger partial charge in [-0.2, -0.15) is 0 Å². The molecule has 2 nitrogen and oxygen atoms in total. The van der Waals surface area contributed by atoms with Crippen molar-refractivity contribution in [3.05, 3.63) is 0 Å². The zero-order valence-electron chi connectivity index (χ0n) is 13.1. The Morgan fingerprint density at radius 1 is 1.00 bits per heavy atom. The average Bonchev–Trinajstić information content (AvgIpc) is 2.71. The number of rotatable bonds is 3. The SMILES string of the molecule is CC1CC(C)C(C)N(CCC2CC3CCC(C2)N3)C1. The van der Waals surface area contributed by atoms with Crippen LogP contribution >= 0.6 is 0 Å². The lowest BCUT2D eigenvalue weighted by Crippen LogP contribution is -2.47. The molecule has 0 spiro atoms. The lowest BCUT2D eigenvalue weighted by Gasteiger charge is -2.42. The summed E-state index contributed by atoms with van der Waals surface area (Å²) in [6.07, 6.45) is 8.64. The first-order valence-electron chi connectivity index (χ1n) is 8.62. The highest BCUT2D eigenvalue weighted by atomic mass is 15.2. The van der Waals surface area contributed by atoms with E-state index in [4.69, 9.17) is 0 Å². The van der Waals surface area contributed by atoms with E-state index in [9.17, 15) is 0 Å². The van der Waals surface area contributed by atoms with Crippen LogP contribution in [0.25, 0.3) is 0 Å². The summed E-state index contributed by atoms with van der Waals surface area (Å²) in [5.74, 6) is 2.78. The summed E-state index contributed by atoms with van der Waals surface area (Å²) in [6, 6.07) is 2.52. The Morgan fingerprint density at radius 3 is 2.37 bits per heavy atom. The van der Waals surface area contributed by atoms with Crippen molar-refractivity contribution in [1.29, 1.82) is 0 Å². The molecule has 5 atom stereocenters. The van der Waals surface area contributed by atoms with E-state index in [2.05, 4.69) is 31.0 Å². The minimum atomic E-state index is 0.801. The lowest BCUT2D eigenvalue weighted by atomic mass is 9.84. The van der Waals surface area contributed by atoms with Crippen molar-refractivity contribution >= 4 is 0 Å². The zero-order chi connectivity index (χ0) is 13.4. The third kappa shape index (κ3) is 3.16. The van der Waals surface area contributed by atoms with Crippen molar-refractivity contribution in [2.24, 2.45) is 17.8 Å². The Balaban J connectivity index is 1.48. The molecular weight excluding hydrogens is 232 g/mol. The van der Waals surface area contributed by atoms with Gasteiger partial charge in [-0.25, -0.2) is 0 Å². The van der Waals surface area contributed by atoms with Crippen LogP contribution in [0, 0.1) is 17.8 Å². The van der Waals surface area contributed by atoms with E-state index in [0.29, 0.717) is 0 Å². The zero-order valence-corrected chi connectivity index (χ0v) is 13.1. The molecule has 0 aromatic rings.